The predicted molar refractivity (Wildman–Crippen MR) is 51.6 cm³/mol. The molecule has 0 atom stereocenters. The molecule has 0 aromatic heterocycles. The number of allylic oxidation sites excluding steroid dienone is 2. The number of halogens is 1. The highest BCUT2D eigenvalue weighted by Crippen LogP contribution is 2.09. The quantitative estimate of drug-likeness (QED) is 0.403. The SMILES string of the molecule is C=CC(Br)=CO[Si](C)(C)C. The van der Waals surface area contributed by atoms with Crippen LogP contribution in [0.4, 0.5) is 0 Å². The predicted octanol–water partition coefficient (Wildman–Crippen LogP) is 3.26. The maximum Gasteiger partial charge on any atom is 0.241 e. The second kappa shape index (κ2) is 3.98. The van der Waals surface area contributed by atoms with Crippen molar-refractivity contribution in [3.63, 3.8) is 0 Å². The van der Waals surface area contributed by atoms with E-state index in [1.54, 1.807) is 12.3 Å². The Balaban J connectivity index is 3.84. The van der Waals surface area contributed by atoms with Gasteiger partial charge in [-0.15, -0.1) is 0 Å². The average Bonchev–Trinajstić information content (AvgIpc) is 1.81. The standard InChI is InChI=1S/C7H13BrOSi/c1-5-7(8)6-9-10(2,3)4/h5-6H,1H2,2-4H3. The zero-order chi connectivity index (χ0) is 8.20. The molecule has 3 heteroatoms. The van der Waals surface area contributed by atoms with Crippen molar-refractivity contribution in [1.82, 2.24) is 0 Å². The van der Waals surface area contributed by atoms with Crippen LogP contribution in [-0.2, 0) is 4.43 Å². The highest BCUT2D eigenvalue weighted by Gasteiger charge is 2.13. The van der Waals surface area contributed by atoms with E-state index in [4.69, 9.17) is 4.43 Å². The van der Waals surface area contributed by atoms with Gasteiger partial charge in [-0.1, -0.05) is 12.7 Å². The molecule has 0 aliphatic heterocycles. The third-order valence-corrected chi connectivity index (χ3v) is 2.06. The minimum atomic E-state index is -1.39. The monoisotopic (exact) mass is 220 g/mol. The fourth-order valence-corrected chi connectivity index (χ4v) is 1.03. The molecular formula is C7H13BrOSi. The average molecular weight is 221 g/mol. The van der Waals surface area contributed by atoms with E-state index in [0.29, 0.717) is 0 Å². The Bertz CT molecular complexity index is 146. The van der Waals surface area contributed by atoms with Gasteiger partial charge in [0, 0.05) is 4.48 Å². The van der Waals surface area contributed by atoms with Crippen LogP contribution in [0, 0.1) is 0 Å². The van der Waals surface area contributed by atoms with Crippen molar-refractivity contribution < 1.29 is 4.43 Å². The number of hydrogen-bond acceptors (Lipinski definition) is 1. The molecule has 0 aromatic rings. The molecule has 0 heterocycles. The molecule has 10 heavy (non-hydrogen) atoms. The lowest BCUT2D eigenvalue weighted by molar-refractivity contribution is 0.479. The Morgan fingerprint density at radius 1 is 1.50 bits per heavy atom. The highest BCUT2D eigenvalue weighted by atomic mass is 79.9. The van der Waals surface area contributed by atoms with E-state index < -0.39 is 8.32 Å². The second-order valence-electron chi connectivity index (χ2n) is 2.94. The summed E-state index contributed by atoms with van der Waals surface area (Å²) in [7, 11) is -1.39. The first-order chi connectivity index (χ1) is 4.45. The van der Waals surface area contributed by atoms with E-state index in [0.717, 1.165) is 4.48 Å². The van der Waals surface area contributed by atoms with Gasteiger partial charge in [-0.3, -0.25) is 0 Å². The van der Waals surface area contributed by atoms with Crippen LogP contribution >= 0.6 is 15.9 Å². The highest BCUT2D eigenvalue weighted by molar-refractivity contribution is 9.11. The zero-order valence-corrected chi connectivity index (χ0v) is 9.23. The van der Waals surface area contributed by atoms with Gasteiger partial charge in [0.25, 0.3) is 0 Å². The largest absolute Gasteiger partial charge is 0.549 e. The molecule has 0 bridgehead atoms. The van der Waals surface area contributed by atoms with Gasteiger partial charge in [0.15, 0.2) is 0 Å². The van der Waals surface area contributed by atoms with Gasteiger partial charge in [0.2, 0.25) is 8.32 Å². The number of rotatable bonds is 3. The van der Waals surface area contributed by atoms with Crippen molar-refractivity contribution in [3.05, 3.63) is 23.4 Å². The summed E-state index contributed by atoms with van der Waals surface area (Å²) in [5, 5.41) is 0. The van der Waals surface area contributed by atoms with Crippen molar-refractivity contribution in [2.75, 3.05) is 0 Å². The molecule has 0 rings (SSSR count). The first-order valence-corrected chi connectivity index (χ1v) is 7.32. The van der Waals surface area contributed by atoms with Gasteiger partial charge in [-0.05, 0) is 35.6 Å². The van der Waals surface area contributed by atoms with E-state index in [2.05, 4.69) is 42.1 Å². The first kappa shape index (κ1) is 9.98. The second-order valence-corrected chi connectivity index (χ2v) is 8.31. The van der Waals surface area contributed by atoms with Crippen LogP contribution in [0.1, 0.15) is 0 Å². The van der Waals surface area contributed by atoms with E-state index in [9.17, 15) is 0 Å². The minimum absolute atomic E-state index is 0.898. The molecule has 0 aliphatic carbocycles. The Labute approximate surface area is 72.0 Å². The summed E-state index contributed by atoms with van der Waals surface area (Å²) < 4.78 is 6.34. The smallest absolute Gasteiger partial charge is 0.241 e. The lowest BCUT2D eigenvalue weighted by Crippen LogP contribution is -2.22. The maximum atomic E-state index is 5.44. The van der Waals surface area contributed by atoms with E-state index >= 15 is 0 Å². The van der Waals surface area contributed by atoms with Crippen molar-refractivity contribution in [1.29, 1.82) is 0 Å². The number of hydrogen-bond donors (Lipinski definition) is 0. The lowest BCUT2D eigenvalue weighted by atomic mass is 10.6. The summed E-state index contributed by atoms with van der Waals surface area (Å²) >= 11 is 3.27. The summed E-state index contributed by atoms with van der Waals surface area (Å²) in [6.07, 6.45) is 3.42. The van der Waals surface area contributed by atoms with E-state index in [-0.39, 0.29) is 0 Å². The summed E-state index contributed by atoms with van der Waals surface area (Å²) in [5.41, 5.74) is 0. The van der Waals surface area contributed by atoms with Gasteiger partial charge in [-0.25, -0.2) is 0 Å². The first-order valence-electron chi connectivity index (χ1n) is 3.11. The maximum absolute atomic E-state index is 5.44. The molecule has 0 aromatic carbocycles. The Morgan fingerprint density at radius 2 is 2.00 bits per heavy atom. The van der Waals surface area contributed by atoms with Crippen LogP contribution in [0.15, 0.2) is 23.4 Å². The molecule has 0 radical (unpaired) electrons. The third kappa shape index (κ3) is 6.10. The van der Waals surface area contributed by atoms with Crippen molar-refractivity contribution in [2.45, 2.75) is 19.6 Å². The molecule has 1 nitrogen and oxygen atoms in total. The van der Waals surface area contributed by atoms with Crippen LogP contribution in [0.2, 0.25) is 19.6 Å². The summed E-state index contributed by atoms with van der Waals surface area (Å²) in [6, 6.07) is 0. The fraction of sp³-hybridized carbons (Fsp3) is 0.429. The Morgan fingerprint density at radius 3 is 2.30 bits per heavy atom. The fourth-order valence-electron chi connectivity index (χ4n) is 0.281. The van der Waals surface area contributed by atoms with Crippen LogP contribution in [0.5, 0.6) is 0 Å². The van der Waals surface area contributed by atoms with Crippen molar-refractivity contribution >= 4 is 24.2 Å². The van der Waals surface area contributed by atoms with Gasteiger partial charge >= 0.3 is 0 Å². The molecule has 0 spiro atoms. The lowest BCUT2D eigenvalue weighted by Gasteiger charge is -2.14. The molecule has 0 N–H and O–H groups in total. The molecule has 0 aliphatic rings. The third-order valence-electron chi connectivity index (χ3n) is 0.720. The molecule has 0 amide bonds. The summed E-state index contributed by atoms with van der Waals surface area (Å²) in [6.45, 7) is 9.98. The molecule has 0 unspecified atom stereocenters. The van der Waals surface area contributed by atoms with Crippen LogP contribution in [0.3, 0.4) is 0 Å². The Kier molecular flexibility index (Phi) is 3.97. The molecule has 58 valence electrons. The molecule has 0 saturated carbocycles. The van der Waals surface area contributed by atoms with Gasteiger partial charge in [-0.2, -0.15) is 0 Å². The van der Waals surface area contributed by atoms with Crippen molar-refractivity contribution in [3.8, 4) is 0 Å². The van der Waals surface area contributed by atoms with Gasteiger partial charge in [0.1, 0.15) is 0 Å². The minimum Gasteiger partial charge on any atom is -0.549 e. The van der Waals surface area contributed by atoms with Crippen LogP contribution in [0.25, 0.3) is 0 Å². The Hall–Kier alpha value is -0.0231. The normalized spacial score (nSPS) is 13.0. The molecular weight excluding hydrogens is 208 g/mol. The topological polar surface area (TPSA) is 9.23 Å². The van der Waals surface area contributed by atoms with Gasteiger partial charge in [0.05, 0.1) is 6.26 Å². The molecule has 0 saturated heterocycles. The van der Waals surface area contributed by atoms with E-state index in [1.165, 1.54) is 0 Å². The molecule has 0 fully saturated rings. The van der Waals surface area contributed by atoms with Crippen molar-refractivity contribution in [2.24, 2.45) is 0 Å². The summed E-state index contributed by atoms with van der Waals surface area (Å²) in [5.74, 6) is 0. The van der Waals surface area contributed by atoms with Gasteiger partial charge < -0.3 is 4.43 Å². The van der Waals surface area contributed by atoms with Crippen LogP contribution in [-0.4, -0.2) is 8.32 Å². The van der Waals surface area contributed by atoms with E-state index in [1.807, 2.05) is 0 Å². The van der Waals surface area contributed by atoms with Crippen LogP contribution < -0.4 is 0 Å². The zero-order valence-electron chi connectivity index (χ0n) is 6.65. The summed E-state index contributed by atoms with van der Waals surface area (Å²) in [4.78, 5) is 0.